The van der Waals surface area contributed by atoms with Gasteiger partial charge in [-0.15, -0.1) is 0 Å². The lowest BCUT2D eigenvalue weighted by Gasteiger charge is -2.21. The van der Waals surface area contributed by atoms with Crippen LogP contribution in [-0.2, 0) is 12.8 Å². The molecule has 0 saturated carbocycles. The standard InChI is InChI=1S/C13H23N3O/c1-10(2)9-12-15-13(17-16-12)4-3-11-5-7-14-8-6-11/h10-11,14H,3-9H2,1-2H3. The second-order valence-corrected chi connectivity index (χ2v) is 5.43. The van der Waals surface area contributed by atoms with Crippen LogP contribution in [0.5, 0.6) is 0 Å². The van der Waals surface area contributed by atoms with E-state index in [0.29, 0.717) is 5.92 Å². The SMILES string of the molecule is CC(C)Cc1noc(CCC2CCNCC2)n1. The van der Waals surface area contributed by atoms with Gasteiger partial charge in [-0.2, -0.15) is 4.98 Å². The molecule has 4 heteroatoms. The highest BCUT2D eigenvalue weighted by atomic mass is 16.5. The molecule has 96 valence electrons. The minimum absolute atomic E-state index is 0.588. The molecular weight excluding hydrogens is 214 g/mol. The van der Waals surface area contributed by atoms with Crippen LogP contribution in [0.2, 0.25) is 0 Å². The Bertz CT molecular complexity index is 329. The monoisotopic (exact) mass is 237 g/mol. The largest absolute Gasteiger partial charge is 0.339 e. The normalized spacial score (nSPS) is 17.8. The van der Waals surface area contributed by atoms with E-state index in [1.165, 1.54) is 19.3 Å². The van der Waals surface area contributed by atoms with E-state index in [4.69, 9.17) is 4.52 Å². The summed E-state index contributed by atoms with van der Waals surface area (Å²) in [6, 6.07) is 0. The number of hydrogen-bond acceptors (Lipinski definition) is 4. The molecule has 1 fully saturated rings. The average molecular weight is 237 g/mol. The quantitative estimate of drug-likeness (QED) is 0.853. The first-order chi connectivity index (χ1) is 8.24. The molecule has 2 heterocycles. The molecule has 17 heavy (non-hydrogen) atoms. The summed E-state index contributed by atoms with van der Waals surface area (Å²) in [5, 5.41) is 7.41. The van der Waals surface area contributed by atoms with Crippen molar-refractivity contribution in [3.05, 3.63) is 11.7 Å². The van der Waals surface area contributed by atoms with Crippen LogP contribution in [0.15, 0.2) is 4.52 Å². The summed E-state index contributed by atoms with van der Waals surface area (Å²) >= 11 is 0. The second-order valence-electron chi connectivity index (χ2n) is 5.43. The summed E-state index contributed by atoms with van der Waals surface area (Å²) in [7, 11) is 0. The van der Waals surface area contributed by atoms with Gasteiger partial charge in [-0.25, -0.2) is 0 Å². The Labute approximate surface area is 103 Å². The van der Waals surface area contributed by atoms with Crippen LogP contribution in [0, 0.1) is 11.8 Å². The molecule has 0 spiro atoms. The zero-order chi connectivity index (χ0) is 12.1. The molecule has 1 N–H and O–H groups in total. The molecule has 0 aliphatic carbocycles. The molecule has 1 saturated heterocycles. The van der Waals surface area contributed by atoms with Crippen molar-refractivity contribution in [1.29, 1.82) is 0 Å². The fourth-order valence-corrected chi connectivity index (χ4v) is 2.34. The van der Waals surface area contributed by atoms with E-state index in [1.807, 2.05) is 0 Å². The first-order valence-electron chi connectivity index (χ1n) is 6.76. The van der Waals surface area contributed by atoms with Crippen molar-refractivity contribution < 1.29 is 4.52 Å². The summed E-state index contributed by atoms with van der Waals surface area (Å²) in [5.41, 5.74) is 0. The van der Waals surface area contributed by atoms with Gasteiger partial charge in [0.1, 0.15) is 0 Å². The minimum atomic E-state index is 0.588. The van der Waals surface area contributed by atoms with Crippen molar-refractivity contribution in [3.63, 3.8) is 0 Å². The third-order valence-electron chi connectivity index (χ3n) is 3.33. The van der Waals surface area contributed by atoms with Crippen LogP contribution in [0.4, 0.5) is 0 Å². The summed E-state index contributed by atoms with van der Waals surface area (Å²) in [5.74, 6) is 3.10. The van der Waals surface area contributed by atoms with Crippen LogP contribution in [0.25, 0.3) is 0 Å². The lowest BCUT2D eigenvalue weighted by atomic mass is 9.93. The third kappa shape index (κ3) is 4.11. The van der Waals surface area contributed by atoms with Crippen molar-refractivity contribution >= 4 is 0 Å². The van der Waals surface area contributed by atoms with Gasteiger partial charge in [-0.3, -0.25) is 0 Å². The molecule has 1 aromatic heterocycles. The Morgan fingerprint density at radius 1 is 1.35 bits per heavy atom. The second kappa shape index (κ2) is 6.15. The first kappa shape index (κ1) is 12.6. The fraction of sp³-hybridized carbons (Fsp3) is 0.846. The maximum absolute atomic E-state index is 5.28. The van der Waals surface area contributed by atoms with E-state index in [0.717, 1.165) is 43.6 Å². The molecule has 2 rings (SSSR count). The maximum atomic E-state index is 5.28. The predicted octanol–water partition coefficient (Wildman–Crippen LogP) is 2.20. The Kier molecular flexibility index (Phi) is 4.54. The molecular formula is C13H23N3O. The Hall–Kier alpha value is -0.900. The van der Waals surface area contributed by atoms with Gasteiger partial charge in [0, 0.05) is 12.8 Å². The van der Waals surface area contributed by atoms with Gasteiger partial charge in [0.2, 0.25) is 5.89 Å². The van der Waals surface area contributed by atoms with E-state index >= 15 is 0 Å². The van der Waals surface area contributed by atoms with Gasteiger partial charge < -0.3 is 9.84 Å². The zero-order valence-electron chi connectivity index (χ0n) is 10.9. The van der Waals surface area contributed by atoms with Crippen LogP contribution in [-0.4, -0.2) is 23.2 Å². The van der Waals surface area contributed by atoms with E-state index in [1.54, 1.807) is 0 Å². The topological polar surface area (TPSA) is 51.0 Å². The van der Waals surface area contributed by atoms with Gasteiger partial charge in [-0.1, -0.05) is 19.0 Å². The number of nitrogens with one attached hydrogen (secondary N) is 1. The van der Waals surface area contributed by atoms with Gasteiger partial charge in [0.05, 0.1) is 0 Å². The van der Waals surface area contributed by atoms with Gasteiger partial charge >= 0.3 is 0 Å². The van der Waals surface area contributed by atoms with Crippen LogP contribution < -0.4 is 5.32 Å². The van der Waals surface area contributed by atoms with Crippen LogP contribution in [0.3, 0.4) is 0 Å². The molecule has 0 atom stereocenters. The lowest BCUT2D eigenvalue weighted by Crippen LogP contribution is -2.27. The molecule has 1 aromatic rings. The Morgan fingerprint density at radius 3 is 2.82 bits per heavy atom. The van der Waals surface area contributed by atoms with Crippen molar-refractivity contribution in [2.45, 2.75) is 46.0 Å². The summed E-state index contributed by atoms with van der Waals surface area (Å²) < 4.78 is 5.28. The molecule has 4 nitrogen and oxygen atoms in total. The highest BCUT2D eigenvalue weighted by Crippen LogP contribution is 2.18. The summed E-state index contributed by atoms with van der Waals surface area (Å²) in [4.78, 5) is 4.44. The van der Waals surface area contributed by atoms with E-state index in [-0.39, 0.29) is 0 Å². The van der Waals surface area contributed by atoms with Crippen LogP contribution >= 0.6 is 0 Å². The fourth-order valence-electron chi connectivity index (χ4n) is 2.34. The highest BCUT2D eigenvalue weighted by molar-refractivity contribution is 4.88. The summed E-state index contributed by atoms with van der Waals surface area (Å²) in [6.07, 6.45) is 5.61. The Balaban J connectivity index is 1.76. The van der Waals surface area contributed by atoms with E-state index in [9.17, 15) is 0 Å². The third-order valence-corrected chi connectivity index (χ3v) is 3.33. The highest BCUT2D eigenvalue weighted by Gasteiger charge is 2.15. The number of piperidine rings is 1. The zero-order valence-corrected chi connectivity index (χ0v) is 10.9. The average Bonchev–Trinajstić information content (AvgIpc) is 2.75. The lowest BCUT2D eigenvalue weighted by molar-refractivity contribution is 0.322. The van der Waals surface area contributed by atoms with Crippen molar-refractivity contribution in [3.8, 4) is 0 Å². The van der Waals surface area contributed by atoms with Gasteiger partial charge in [0.15, 0.2) is 5.82 Å². The molecule has 0 aromatic carbocycles. The molecule has 1 aliphatic rings. The van der Waals surface area contributed by atoms with Crippen molar-refractivity contribution in [2.75, 3.05) is 13.1 Å². The van der Waals surface area contributed by atoms with Gasteiger partial charge in [0.25, 0.3) is 0 Å². The Morgan fingerprint density at radius 2 is 2.12 bits per heavy atom. The van der Waals surface area contributed by atoms with E-state index < -0.39 is 0 Å². The number of aryl methyl sites for hydroxylation is 1. The molecule has 0 bridgehead atoms. The number of aromatic nitrogens is 2. The maximum Gasteiger partial charge on any atom is 0.226 e. The number of rotatable bonds is 5. The van der Waals surface area contributed by atoms with E-state index in [2.05, 4.69) is 29.3 Å². The summed E-state index contributed by atoms with van der Waals surface area (Å²) in [6.45, 7) is 6.66. The minimum Gasteiger partial charge on any atom is -0.339 e. The molecule has 1 aliphatic heterocycles. The van der Waals surface area contributed by atoms with Crippen molar-refractivity contribution in [1.82, 2.24) is 15.5 Å². The first-order valence-corrected chi connectivity index (χ1v) is 6.76. The molecule has 0 radical (unpaired) electrons. The van der Waals surface area contributed by atoms with Gasteiger partial charge in [-0.05, 0) is 44.2 Å². The predicted molar refractivity (Wildman–Crippen MR) is 66.8 cm³/mol. The molecule has 0 unspecified atom stereocenters. The smallest absolute Gasteiger partial charge is 0.226 e. The van der Waals surface area contributed by atoms with Crippen molar-refractivity contribution in [2.24, 2.45) is 11.8 Å². The number of hydrogen-bond donors (Lipinski definition) is 1. The molecule has 0 amide bonds. The number of nitrogens with zero attached hydrogens (tertiary/aromatic N) is 2. The van der Waals surface area contributed by atoms with Crippen LogP contribution in [0.1, 0.15) is 44.8 Å².